The zero-order chi connectivity index (χ0) is 16.7. The van der Waals surface area contributed by atoms with Gasteiger partial charge in [0.05, 0.1) is 0 Å². The highest BCUT2D eigenvalue weighted by molar-refractivity contribution is 5.35. The summed E-state index contributed by atoms with van der Waals surface area (Å²) in [5.74, 6) is 24.2. The fourth-order valence-corrected chi connectivity index (χ4v) is 1.84. The van der Waals surface area contributed by atoms with Gasteiger partial charge in [0.2, 0.25) is 0 Å². The van der Waals surface area contributed by atoms with Crippen molar-refractivity contribution in [3.63, 3.8) is 0 Å². The van der Waals surface area contributed by atoms with Crippen LogP contribution in [0.25, 0.3) is 0 Å². The van der Waals surface area contributed by atoms with Gasteiger partial charge in [0, 0.05) is 36.8 Å². The minimum absolute atomic E-state index is 0.752. The van der Waals surface area contributed by atoms with Gasteiger partial charge in [-0.2, -0.15) is 0 Å². The summed E-state index contributed by atoms with van der Waals surface area (Å²) < 4.78 is 0. The highest BCUT2D eigenvalue weighted by atomic mass is 13.9. The van der Waals surface area contributed by atoms with Crippen LogP contribution in [0.5, 0.6) is 0 Å². The second kappa shape index (κ2) is 11.3. The Kier molecular flexibility index (Phi) is 8.00. The Morgan fingerprint density at radius 3 is 1.25 bits per heavy atom. The van der Waals surface area contributed by atoms with Crippen LogP contribution in [-0.2, 0) is 0 Å². The summed E-state index contributed by atoms with van der Waals surface area (Å²) in [7, 11) is 0. The molecule has 0 amide bonds. The first-order valence-corrected chi connectivity index (χ1v) is 7.99. The van der Waals surface area contributed by atoms with Crippen LogP contribution < -0.4 is 0 Å². The molecule has 2 aromatic carbocycles. The highest BCUT2D eigenvalue weighted by Crippen LogP contribution is 1.96. The van der Waals surface area contributed by atoms with Crippen LogP contribution in [-0.4, -0.2) is 0 Å². The van der Waals surface area contributed by atoms with Crippen LogP contribution in [0.1, 0.15) is 36.8 Å². The molecule has 2 aromatic rings. The van der Waals surface area contributed by atoms with E-state index >= 15 is 0 Å². The van der Waals surface area contributed by atoms with E-state index < -0.39 is 0 Å². The van der Waals surface area contributed by atoms with Crippen molar-refractivity contribution in [3.05, 3.63) is 71.8 Å². The number of rotatable bonds is 2. The van der Waals surface area contributed by atoms with E-state index in [-0.39, 0.29) is 0 Å². The van der Waals surface area contributed by atoms with Crippen molar-refractivity contribution in [1.82, 2.24) is 0 Å². The molecule has 0 bridgehead atoms. The summed E-state index contributed by atoms with van der Waals surface area (Å²) in [5.41, 5.74) is 2.09. The topological polar surface area (TPSA) is 0 Å². The smallest absolute Gasteiger partial charge is 0.0245 e. The molecular formula is C24H18. The van der Waals surface area contributed by atoms with Crippen molar-refractivity contribution < 1.29 is 0 Å². The molecule has 0 nitrogen and oxygen atoms in total. The number of unbranched alkanes of at least 4 members (excludes halogenated alkanes) is 2. The Morgan fingerprint density at radius 1 is 0.458 bits per heavy atom. The van der Waals surface area contributed by atoms with Gasteiger partial charge < -0.3 is 0 Å². The molecule has 2 rings (SSSR count). The maximum absolute atomic E-state index is 3.12. The average molecular weight is 306 g/mol. The lowest BCUT2D eigenvalue weighted by Crippen LogP contribution is -1.72. The number of hydrogen-bond acceptors (Lipinski definition) is 0. The van der Waals surface area contributed by atoms with E-state index in [0.717, 1.165) is 36.8 Å². The fourth-order valence-electron chi connectivity index (χ4n) is 1.84. The molecule has 0 aliphatic heterocycles. The van der Waals surface area contributed by atoms with Gasteiger partial charge >= 0.3 is 0 Å². The standard InChI is InChI=1S/C24H18/c1(3-5-7-11-17-23-19-13-9-14-20-23)2-4-6-8-12-18-24-21-15-10-16-22-24/h9-10,13-16,19-22H,5-8H2. The quantitative estimate of drug-likeness (QED) is 0.559. The number of benzene rings is 2. The molecule has 0 aromatic heterocycles. The molecule has 24 heavy (non-hydrogen) atoms. The van der Waals surface area contributed by atoms with Crippen LogP contribution in [0.3, 0.4) is 0 Å². The van der Waals surface area contributed by atoms with Crippen molar-refractivity contribution >= 4 is 0 Å². The molecule has 0 radical (unpaired) electrons. The predicted molar refractivity (Wildman–Crippen MR) is 101 cm³/mol. The Balaban J connectivity index is 1.62. The highest BCUT2D eigenvalue weighted by Gasteiger charge is 1.81. The van der Waals surface area contributed by atoms with Gasteiger partial charge in [0.25, 0.3) is 0 Å². The summed E-state index contributed by atoms with van der Waals surface area (Å²) >= 11 is 0. The second-order valence-electron chi connectivity index (χ2n) is 4.94. The maximum atomic E-state index is 3.12. The van der Waals surface area contributed by atoms with E-state index in [4.69, 9.17) is 0 Å². The molecule has 0 N–H and O–H groups in total. The van der Waals surface area contributed by atoms with Crippen molar-refractivity contribution in [2.45, 2.75) is 25.7 Å². The molecule has 0 saturated carbocycles. The van der Waals surface area contributed by atoms with E-state index in [1.165, 1.54) is 0 Å². The fraction of sp³-hybridized carbons (Fsp3) is 0.167. The molecule has 0 aliphatic carbocycles. The molecule has 0 unspecified atom stereocenters. The Labute approximate surface area is 145 Å². The second-order valence-corrected chi connectivity index (χ2v) is 4.94. The summed E-state index contributed by atoms with van der Waals surface area (Å²) in [6.07, 6.45) is 3.04. The Morgan fingerprint density at radius 2 is 0.833 bits per heavy atom. The third-order valence-electron chi connectivity index (χ3n) is 3.00. The van der Waals surface area contributed by atoms with Crippen LogP contribution in [0, 0.1) is 47.4 Å². The van der Waals surface area contributed by atoms with Gasteiger partial charge in [-0.3, -0.25) is 0 Å². The molecule has 0 fully saturated rings. The van der Waals surface area contributed by atoms with Gasteiger partial charge in [0.15, 0.2) is 0 Å². The van der Waals surface area contributed by atoms with Crippen LogP contribution in [0.15, 0.2) is 60.7 Å². The molecular weight excluding hydrogens is 288 g/mol. The first-order valence-electron chi connectivity index (χ1n) is 7.99. The van der Waals surface area contributed by atoms with Crippen LogP contribution in [0.4, 0.5) is 0 Å². The van der Waals surface area contributed by atoms with Gasteiger partial charge in [-0.1, -0.05) is 71.9 Å². The largest absolute Gasteiger partial charge is 0.0969 e. The monoisotopic (exact) mass is 306 g/mol. The molecule has 0 heteroatoms. The van der Waals surface area contributed by atoms with Gasteiger partial charge in [0.1, 0.15) is 0 Å². The first-order chi connectivity index (χ1) is 11.9. The Hall–Kier alpha value is -3.32. The molecule has 0 heterocycles. The average Bonchev–Trinajstić information content (AvgIpc) is 2.64. The van der Waals surface area contributed by atoms with Crippen LogP contribution in [0.2, 0.25) is 0 Å². The zero-order valence-corrected chi connectivity index (χ0v) is 13.6. The molecule has 114 valence electrons. The SMILES string of the molecule is C(C#CCCC#Cc1ccccc1)#CCCC#Cc1ccccc1. The van der Waals surface area contributed by atoms with E-state index in [1.54, 1.807) is 0 Å². The van der Waals surface area contributed by atoms with Gasteiger partial charge in [-0.25, -0.2) is 0 Å². The van der Waals surface area contributed by atoms with Crippen molar-refractivity contribution in [2.75, 3.05) is 0 Å². The van der Waals surface area contributed by atoms with E-state index in [2.05, 4.69) is 47.4 Å². The Bertz CT molecular complexity index is 781. The third kappa shape index (κ3) is 7.62. The molecule has 0 saturated heterocycles. The summed E-state index contributed by atoms with van der Waals surface area (Å²) in [6, 6.07) is 20.0. The van der Waals surface area contributed by atoms with Gasteiger partial charge in [-0.15, -0.1) is 0 Å². The van der Waals surface area contributed by atoms with Crippen molar-refractivity contribution in [3.8, 4) is 47.4 Å². The number of hydrogen-bond donors (Lipinski definition) is 0. The van der Waals surface area contributed by atoms with E-state index in [1.807, 2.05) is 60.7 Å². The molecule has 0 atom stereocenters. The lowest BCUT2D eigenvalue weighted by molar-refractivity contribution is 1.12. The predicted octanol–water partition coefficient (Wildman–Crippen LogP) is 4.66. The lowest BCUT2D eigenvalue weighted by atomic mass is 10.2. The minimum atomic E-state index is 0.752. The zero-order valence-electron chi connectivity index (χ0n) is 13.6. The normalized spacial score (nSPS) is 8.17. The third-order valence-corrected chi connectivity index (χ3v) is 3.00. The molecule has 0 spiro atoms. The summed E-state index contributed by atoms with van der Waals surface area (Å²) in [4.78, 5) is 0. The van der Waals surface area contributed by atoms with E-state index in [9.17, 15) is 0 Å². The van der Waals surface area contributed by atoms with Crippen molar-refractivity contribution in [1.29, 1.82) is 0 Å². The van der Waals surface area contributed by atoms with Gasteiger partial charge in [-0.05, 0) is 36.1 Å². The maximum Gasteiger partial charge on any atom is 0.0245 e. The van der Waals surface area contributed by atoms with Crippen LogP contribution >= 0.6 is 0 Å². The van der Waals surface area contributed by atoms with Crippen molar-refractivity contribution in [2.24, 2.45) is 0 Å². The summed E-state index contributed by atoms with van der Waals surface area (Å²) in [5, 5.41) is 0. The minimum Gasteiger partial charge on any atom is -0.0969 e. The molecule has 0 aliphatic rings. The summed E-state index contributed by atoms with van der Waals surface area (Å²) in [6.45, 7) is 0. The lowest BCUT2D eigenvalue weighted by Gasteiger charge is -1.85. The van der Waals surface area contributed by atoms with E-state index in [0.29, 0.717) is 0 Å². The first kappa shape index (κ1) is 17.0.